The number of rotatable bonds is 12. The first-order chi connectivity index (χ1) is 7.91. The maximum Gasteiger partial charge on any atom is -0.00743 e. The van der Waals surface area contributed by atoms with Gasteiger partial charge in [0, 0.05) is 0 Å². The van der Waals surface area contributed by atoms with Crippen LogP contribution in [0.3, 0.4) is 0 Å². The normalized spacial score (nSPS) is 11.4. The minimum absolute atomic E-state index is 0.822. The van der Waals surface area contributed by atoms with Crippen LogP contribution in [-0.4, -0.2) is 6.54 Å². The summed E-state index contributed by atoms with van der Waals surface area (Å²) in [5.41, 5.74) is 5.43. The zero-order valence-electron chi connectivity index (χ0n) is 11.2. The van der Waals surface area contributed by atoms with Crippen LogP contribution in [0.1, 0.15) is 77.6 Å². The van der Waals surface area contributed by atoms with Crippen LogP contribution in [-0.2, 0) is 0 Å². The highest BCUT2D eigenvalue weighted by Crippen LogP contribution is 2.09. The lowest BCUT2D eigenvalue weighted by Gasteiger charge is -1.99. The van der Waals surface area contributed by atoms with Gasteiger partial charge in [0.15, 0.2) is 0 Å². The van der Waals surface area contributed by atoms with Crippen LogP contribution >= 0.6 is 0 Å². The first-order valence-electron chi connectivity index (χ1n) is 7.27. The average Bonchev–Trinajstić information content (AvgIpc) is 2.31. The van der Waals surface area contributed by atoms with Gasteiger partial charge < -0.3 is 5.73 Å². The van der Waals surface area contributed by atoms with Crippen LogP contribution in [0.4, 0.5) is 0 Å². The number of nitrogens with two attached hydrogens (primary N) is 1. The molecule has 0 amide bonds. The molecule has 96 valence electrons. The van der Waals surface area contributed by atoms with Gasteiger partial charge in [-0.25, -0.2) is 0 Å². The molecule has 0 bridgehead atoms. The number of unbranched alkanes of at least 4 members (excludes halogenated alkanes) is 9. The first-order valence-corrected chi connectivity index (χ1v) is 7.27. The van der Waals surface area contributed by atoms with Crippen molar-refractivity contribution in [2.24, 2.45) is 5.73 Å². The SMILES string of the molecule is CCCCCCCCCC/C=C/CCCN. The Balaban J connectivity index is 2.95. The van der Waals surface area contributed by atoms with E-state index in [1.807, 2.05) is 0 Å². The summed E-state index contributed by atoms with van der Waals surface area (Å²) in [5, 5.41) is 0. The molecule has 0 aromatic heterocycles. The van der Waals surface area contributed by atoms with Crippen LogP contribution in [0, 0.1) is 0 Å². The van der Waals surface area contributed by atoms with E-state index in [1.54, 1.807) is 0 Å². The second-order valence-corrected chi connectivity index (χ2v) is 4.67. The molecule has 0 heterocycles. The molecule has 0 aliphatic carbocycles. The van der Waals surface area contributed by atoms with Gasteiger partial charge in [-0.15, -0.1) is 0 Å². The Labute approximate surface area is 102 Å². The number of hydrogen-bond donors (Lipinski definition) is 1. The highest BCUT2D eigenvalue weighted by Gasteiger charge is 1.90. The molecule has 0 fully saturated rings. The molecule has 1 heteroatoms. The summed E-state index contributed by atoms with van der Waals surface area (Å²) in [6, 6.07) is 0. The molecule has 0 saturated carbocycles. The standard InChI is InChI=1S/C15H31N/c1-2-3-4-5-6-7-8-9-10-11-12-13-14-15-16/h11-12H,2-10,13-16H2,1H3/b12-11+. The molecular formula is C15H31N. The smallest absolute Gasteiger partial charge is 0.00743 e. The monoisotopic (exact) mass is 225 g/mol. The summed E-state index contributed by atoms with van der Waals surface area (Å²) in [5.74, 6) is 0. The maximum absolute atomic E-state index is 5.43. The van der Waals surface area contributed by atoms with Crippen molar-refractivity contribution in [1.29, 1.82) is 0 Å². The summed E-state index contributed by atoms with van der Waals surface area (Å²) in [7, 11) is 0. The Morgan fingerprint density at radius 1 is 0.688 bits per heavy atom. The van der Waals surface area contributed by atoms with E-state index in [4.69, 9.17) is 5.73 Å². The Morgan fingerprint density at radius 3 is 1.75 bits per heavy atom. The third-order valence-electron chi connectivity index (χ3n) is 2.97. The van der Waals surface area contributed by atoms with Crippen LogP contribution in [0.15, 0.2) is 12.2 Å². The lowest BCUT2D eigenvalue weighted by Crippen LogP contribution is -1.96. The molecule has 0 aliphatic rings. The zero-order chi connectivity index (χ0) is 11.9. The predicted octanol–water partition coefficient (Wildman–Crippen LogP) is 4.81. The fraction of sp³-hybridized carbons (Fsp3) is 0.867. The number of allylic oxidation sites excluding steroid dienone is 2. The minimum atomic E-state index is 0.822. The van der Waals surface area contributed by atoms with Gasteiger partial charge in [-0.2, -0.15) is 0 Å². The van der Waals surface area contributed by atoms with Gasteiger partial charge in [0.1, 0.15) is 0 Å². The van der Waals surface area contributed by atoms with Gasteiger partial charge in [-0.1, -0.05) is 64.0 Å². The van der Waals surface area contributed by atoms with Crippen molar-refractivity contribution < 1.29 is 0 Å². The third kappa shape index (κ3) is 13.7. The molecule has 0 atom stereocenters. The molecule has 2 N–H and O–H groups in total. The average molecular weight is 225 g/mol. The summed E-state index contributed by atoms with van der Waals surface area (Å²) >= 11 is 0. The van der Waals surface area contributed by atoms with E-state index < -0.39 is 0 Å². The van der Waals surface area contributed by atoms with Gasteiger partial charge in [0.25, 0.3) is 0 Å². The van der Waals surface area contributed by atoms with Crippen molar-refractivity contribution in [1.82, 2.24) is 0 Å². The van der Waals surface area contributed by atoms with Crippen LogP contribution in [0.25, 0.3) is 0 Å². The molecule has 0 unspecified atom stereocenters. The van der Waals surface area contributed by atoms with Crippen molar-refractivity contribution in [3.63, 3.8) is 0 Å². The molecule has 0 aliphatic heterocycles. The van der Waals surface area contributed by atoms with Gasteiger partial charge in [0.2, 0.25) is 0 Å². The van der Waals surface area contributed by atoms with E-state index in [0.717, 1.165) is 19.4 Å². The van der Waals surface area contributed by atoms with Gasteiger partial charge in [-0.05, 0) is 32.2 Å². The Morgan fingerprint density at radius 2 is 1.19 bits per heavy atom. The van der Waals surface area contributed by atoms with E-state index in [1.165, 1.54) is 57.8 Å². The van der Waals surface area contributed by atoms with Crippen LogP contribution in [0.5, 0.6) is 0 Å². The third-order valence-corrected chi connectivity index (χ3v) is 2.97. The molecular weight excluding hydrogens is 194 g/mol. The van der Waals surface area contributed by atoms with Crippen molar-refractivity contribution in [3.8, 4) is 0 Å². The largest absolute Gasteiger partial charge is 0.330 e. The summed E-state index contributed by atoms with van der Waals surface area (Å²) < 4.78 is 0. The molecule has 16 heavy (non-hydrogen) atoms. The second-order valence-electron chi connectivity index (χ2n) is 4.67. The zero-order valence-corrected chi connectivity index (χ0v) is 11.2. The highest BCUT2D eigenvalue weighted by atomic mass is 14.5. The summed E-state index contributed by atoms with van der Waals surface area (Å²) in [4.78, 5) is 0. The first kappa shape index (κ1) is 15.7. The summed E-state index contributed by atoms with van der Waals surface area (Å²) in [6.07, 6.45) is 19.5. The Hall–Kier alpha value is -0.300. The quantitative estimate of drug-likeness (QED) is 0.374. The lowest BCUT2D eigenvalue weighted by atomic mass is 10.1. The molecule has 1 nitrogen and oxygen atoms in total. The van der Waals surface area contributed by atoms with Crippen LogP contribution in [0.2, 0.25) is 0 Å². The van der Waals surface area contributed by atoms with E-state index in [-0.39, 0.29) is 0 Å². The summed E-state index contributed by atoms with van der Waals surface area (Å²) in [6.45, 7) is 3.10. The predicted molar refractivity (Wildman–Crippen MR) is 74.7 cm³/mol. The molecule has 0 rings (SSSR count). The van der Waals surface area contributed by atoms with E-state index in [0.29, 0.717) is 0 Å². The van der Waals surface area contributed by atoms with Crippen LogP contribution < -0.4 is 5.73 Å². The second kappa shape index (κ2) is 14.7. The van der Waals surface area contributed by atoms with E-state index >= 15 is 0 Å². The molecule has 0 aromatic carbocycles. The highest BCUT2D eigenvalue weighted by molar-refractivity contribution is 4.81. The van der Waals surface area contributed by atoms with Gasteiger partial charge in [-0.3, -0.25) is 0 Å². The van der Waals surface area contributed by atoms with E-state index in [2.05, 4.69) is 19.1 Å². The molecule has 0 saturated heterocycles. The van der Waals surface area contributed by atoms with Gasteiger partial charge in [0.05, 0.1) is 0 Å². The number of hydrogen-bond acceptors (Lipinski definition) is 1. The van der Waals surface area contributed by atoms with Crippen molar-refractivity contribution in [2.45, 2.75) is 77.6 Å². The lowest BCUT2D eigenvalue weighted by molar-refractivity contribution is 0.577. The fourth-order valence-corrected chi connectivity index (χ4v) is 1.87. The van der Waals surface area contributed by atoms with E-state index in [9.17, 15) is 0 Å². The molecule has 0 radical (unpaired) electrons. The molecule has 0 spiro atoms. The Kier molecular flexibility index (Phi) is 14.4. The van der Waals surface area contributed by atoms with Crippen molar-refractivity contribution >= 4 is 0 Å². The Bertz CT molecular complexity index is 140. The topological polar surface area (TPSA) is 26.0 Å². The fourth-order valence-electron chi connectivity index (χ4n) is 1.87. The minimum Gasteiger partial charge on any atom is -0.330 e. The maximum atomic E-state index is 5.43. The van der Waals surface area contributed by atoms with Crippen molar-refractivity contribution in [2.75, 3.05) is 6.54 Å². The van der Waals surface area contributed by atoms with Crippen molar-refractivity contribution in [3.05, 3.63) is 12.2 Å². The molecule has 0 aromatic rings. The van der Waals surface area contributed by atoms with Gasteiger partial charge >= 0.3 is 0 Å².